The Bertz CT molecular complexity index is 941. The minimum absolute atomic E-state index is 0.0333. The lowest BCUT2D eigenvalue weighted by Crippen LogP contribution is -2.30. The summed E-state index contributed by atoms with van der Waals surface area (Å²) in [5.74, 6) is -0.222. The first-order valence-corrected chi connectivity index (χ1v) is 7.97. The molecule has 25 heavy (non-hydrogen) atoms. The van der Waals surface area contributed by atoms with Gasteiger partial charge in [-0.05, 0) is 31.9 Å². The van der Waals surface area contributed by atoms with Crippen LogP contribution in [-0.4, -0.2) is 32.1 Å². The number of amides is 1. The molecule has 8 heteroatoms. The van der Waals surface area contributed by atoms with Crippen molar-refractivity contribution in [3.8, 4) is 0 Å². The largest absolute Gasteiger partial charge is 0.361 e. The maximum atomic E-state index is 12.1. The normalized spacial score (nSPS) is 11.0. The molecule has 0 fully saturated rings. The standard InChI is InChI=1S/C17H19N5O3/c1-11-17(22(24)25)12(2)21(20-11)10-16(23)18-8-7-13-9-19-15-6-4-3-5-14(13)15/h3-6,9,19H,7-8,10H2,1-2H3,(H,18,23). The second-order valence-corrected chi connectivity index (χ2v) is 5.89. The number of hydrogen-bond acceptors (Lipinski definition) is 4. The van der Waals surface area contributed by atoms with E-state index in [4.69, 9.17) is 0 Å². The summed E-state index contributed by atoms with van der Waals surface area (Å²) in [5.41, 5.74) is 2.87. The lowest BCUT2D eigenvalue weighted by molar-refractivity contribution is -0.386. The fourth-order valence-electron chi connectivity index (χ4n) is 2.97. The van der Waals surface area contributed by atoms with E-state index in [2.05, 4.69) is 15.4 Å². The highest BCUT2D eigenvalue weighted by molar-refractivity contribution is 5.83. The Morgan fingerprint density at radius 1 is 1.36 bits per heavy atom. The molecule has 130 valence electrons. The van der Waals surface area contributed by atoms with Gasteiger partial charge in [0.1, 0.15) is 17.9 Å². The molecule has 3 aromatic rings. The molecule has 0 saturated carbocycles. The Balaban J connectivity index is 1.59. The van der Waals surface area contributed by atoms with Gasteiger partial charge in [-0.15, -0.1) is 0 Å². The van der Waals surface area contributed by atoms with E-state index in [0.29, 0.717) is 24.4 Å². The number of carbonyl (C=O) groups is 1. The van der Waals surface area contributed by atoms with Gasteiger partial charge in [-0.3, -0.25) is 19.6 Å². The molecule has 0 unspecified atom stereocenters. The molecule has 2 N–H and O–H groups in total. The molecule has 0 aliphatic heterocycles. The van der Waals surface area contributed by atoms with Crippen molar-refractivity contribution in [3.63, 3.8) is 0 Å². The van der Waals surface area contributed by atoms with E-state index in [0.717, 1.165) is 16.5 Å². The summed E-state index contributed by atoms with van der Waals surface area (Å²) < 4.78 is 1.37. The first-order chi connectivity index (χ1) is 12.0. The van der Waals surface area contributed by atoms with Gasteiger partial charge in [-0.1, -0.05) is 18.2 Å². The monoisotopic (exact) mass is 341 g/mol. The van der Waals surface area contributed by atoms with Gasteiger partial charge in [-0.25, -0.2) is 0 Å². The van der Waals surface area contributed by atoms with Gasteiger partial charge < -0.3 is 10.3 Å². The molecule has 0 spiro atoms. The summed E-state index contributed by atoms with van der Waals surface area (Å²) >= 11 is 0. The average molecular weight is 341 g/mol. The van der Waals surface area contributed by atoms with E-state index >= 15 is 0 Å². The van der Waals surface area contributed by atoms with Crippen molar-refractivity contribution in [2.75, 3.05) is 6.54 Å². The van der Waals surface area contributed by atoms with Crippen LogP contribution in [0.3, 0.4) is 0 Å². The molecule has 0 radical (unpaired) electrons. The highest BCUT2D eigenvalue weighted by atomic mass is 16.6. The van der Waals surface area contributed by atoms with E-state index in [1.54, 1.807) is 13.8 Å². The average Bonchev–Trinajstić information content (AvgIpc) is 3.09. The molecule has 1 amide bonds. The van der Waals surface area contributed by atoms with Crippen LogP contribution >= 0.6 is 0 Å². The number of nitro groups is 1. The van der Waals surface area contributed by atoms with E-state index in [1.165, 1.54) is 4.68 Å². The molecule has 0 atom stereocenters. The van der Waals surface area contributed by atoms with Crippen LogP contribution in [0.1, 0.15) is 17.0 Å². The Morgan fingerprint density at radius 3 is 2.84 bits per heavy atom. The van der Waals surface area contributed by atoms with Crippen LogP contribution in [0, 0.1) is 24.0 Å². The van der Waals surface area contributed by atoms with Crippen molar-refractivity contribution >= 4 is 22.5 Å². The van der Waals surface area contributed by atoms with Gasteiger partial charge in [0.05, 0.1) is 4.92 Å². The van der Waals surface area contributed by atoms with E-state index in [1.807, 2.05) is 30.5 Å². The van der Waals surface area contributed by atoms with Gasteiger partial charge in [-0.2, -0.15) is 5.10 Å². The predicted octanol–water partition coefficient (Wildman–Crippen LogP) is 2.25. The number of aromatic nitrogens is 3. The zero-order valence-corrected chi connectivity index (χ0v) is 14.1. The second-order valence-electron chi connectivity index (χ2n) is 5.89. The van der Waals surface area contributed by atoms with Crippen LogP contribution in [0.2, 0.25) is 0 Å². The molecule has 3 rings (SSSR count). The van der Waals surface area contributed by atoms with E-state index in [9.17, 15) is 14.9 Å². The zero-order valence-electron chi connectivity index (χ0n) is 14.1. The topological polar surface area (TPSA) is 106 Å². The molecule has 0 aliphatic carbocycles. The number of H-pyrrole nitrogens is 1. The van der Waals surface area contributed by atoms with Gasteiger partial charge in [0.2, 0.25) is 5.91 Å². The summed E-state index contributed by atoms with van der Waals surface area (Å²) in [7, 11) is 0. The number of rotatable bonds is 6. The van der Waals surface area contributed by atoms with Crippen LogP contribution in [0.25, 0.3) is 10.9 Å². The fourth-order valence-corrected chi connectivity index (χ4v) is 2.97. The zero-order chi connectivity index (χ0) is 18.0. The summed E-state index contributed by atoms with van der Waals surface area (Å²) in [6, 6.07) is 8.00. The van der Waals surface area contributed by atoms with Crippen molar-refractivity contribution in [1.29, 1.82) is 0 Å². The molecular weight excluding hydrogens is 322 g/mol. The molecule has 8 nitrogen and oxygen atoms in total. The quantitative estimate of drug-likeness (QED) is 0.530. The maximum Gasteiger partial charge on any atom is 0.312 e. The van der Waals surface area contributed by atoms with Crippen molar-refractivity contribution in [1.82, 2.24) is 20.1 Å². The number of benzene rings is 1. The Labute approximate surface area is 144 Å². The highest BCUT2D eigenvalue weighted by Gasteiger charge is 2.22. The second kappa shape index (κ2) is 6.76. The van der Waals surface area contributed by atoms with Crippen molar-refractivity contribution in [2.45, 2.75) is 26.8 Å². The van der Waals surface area contributed by atoms with Crippen molar-refractivity contribution in [2.24, 2.45) is 0 Å². The molecule has 2 aromatic heterocycles. The predicted molar refractivity (Wildman–Crippen MR) is 93.4 cm³/mol. The first-order valence-electron chi connectivity index (χ1n) is 7.97. The number of aryl methyl sites for hydroxylation is 1. The maximum absolute atomic E-state index is 12.1. The summed E-state index contributed by atoms with van der Waals surface area (Å²) in [5, 5.41) is 19.1. The smallest absolute Gasteiger partial charge is 0.312 e. The van der Waals surface area contributed by atoms with Gasteiger partial charge in [0.25, 0.3) is 0 Å². The lowest BCUT2D eigenvalue weighted by atomic mass is 10.1. The van der Waals surface area contributed by atoms with Crippen LogP contribution < -0.4 is 5.32 Å². The lowest BCUT2D eigenvalue weighted by Gasteiger charge is -2.06. The Hall–Kier alpha value is -3.16. The van der Waals surface area contributed by atoms with Gasteiger partial charge in [0, 0.05) is 23.6 Å². The van der Waals surface area contributed by atoms with Gasteiger partial charge in [0.15, 0.2) is 0 Å². The Morgan fingerprint density at radius 2 is 2.12 bits per heavy atom. The summed E-state index contributed by atoms with van der Waals surface area (Å²) in [4.78, 5) is 25.8. The SMILES string of the molecule is Cc1nn(CC(=O)NCCc2c[nH]c3ccccc23)c(C)c1[N+](=O)[O-]. The molecule has 0 aliphatic rings. The number of nitrogens with zero attached hydrogens (tertiary/aromatic N) is 3. The number of para-hydroxylation sites is 1. The first kappa shape index (κ1) is 16.7. The molecule has 0 bridgehead atoms. The Kier molecular flexibility index (Phi) is 4.51. The third-order valence-corrected chi connectivity index (χ3v) is 4.21. The summed E-state index contributed by atoms with van der Waals surface area (Å²) in [6.45, 7) is 3.62. The molecule has 1 aromatic carbocycles. The van der Waals surface area contributed by atoms with Crippen molar-refractivity contribution < 1.29 is 9.72 Å². The van der Waals surface area contributed by atoms with Gasteiger partial charge >= 0.3 is 5.69 Å². The minimum Gasteiger partial charge on any atom is -0.361 e. The molecule has 0 saturated heterocycles. The van der Waals surface area contributed by atoms with Crippen LogP contribution in [-0.2, 0) is 17.8 Å². The third kappa shape index (κ3) is 3.37. The van der Waals surface area contributed by atoms with E-state index < -0.39 is 4.92 Å². The molecular formula is C17H19N5O3. The van der Waals surface area contributed by atoms with Crippen LogP contribution in [0.4, 0.5) is 5.69 Å². The minimum atomic E-state index is -0.469. The third-order valence-electron chi connectivity index (χ3n) is 4.21. The number of aromatic amines is 1. The van der Waals surface area contributed by atoms with Crippen molar-refractivity contribution in [3.05, 3.63) is 57.5 Å². The fraction of sp³-hybridized carbons (Fsp3) is 0.294. The summed E-state index contributed by atoms with van der Waals surface area (Å²) in [6.07, 6.45) is 2.65. The highest BCUT2D eigenvalue weighted by Crippen LogP contribution is 2.21. The molecule has 2 heterocycles. The number of nitrogens with one attached hydrogen (secondary N) is 2. The number of fused-ring (bicyclic) bond motifs is 1. The number of carbonyl (C=O) groups excluding carboxylic acids is 1. The van der Waals surface area contributed by atoms with Crippen LogP contribution in [0.15, 0.2) is 30.5 Å². The van der Waals surface area contributed by atoms with E-state index in [-0.39, 0.29) is 18.1 Å². The number of hydrogen-bond donors (Lipinski definition) is 2. The van der Waals surface area contributed by atoms with Crippen LogP contribution in [0.5, 0.6) is 0 Å².